The van der Waals surface area contributed by atoms with Crippen LogP contribution in [0.2, 0.25) is 10.0 Å². The Labute approximate surface area is 196 Å². The van der Waals surface area contributed by atoms with Gasteiger partial charge in [0.2, 0.25) is 0 Å². The second-order valence-corrected chi connectivity index (χ2v) is 8.74. The van der Waals surface area contributed by atoms with Gasteiger partial charge in [0.05, 0.1) is 16.7 Å². The van der Waals surface area contributed by atoms with E-state index >= 15 is 0 Å². The lowest BCUT2D eigenvalue weighted by molar-refractivity contribution is 0.0696. The largest absolute Gasteiger partial charge is 0.478 e. The summed E-state index contributed by atoms with van der Waals surface area (Å²) >= 11 is 11.9. The van der Waals surface area contributed by atoms with E-state index in [-0.39, 0.29) is 16.6 Å². The van der Waals surface area contributed by atoms with Gasteiger partial charge < -0.3 is 20.3 Å². The van der Waals surface area contributed by atoms with Gasteiger partial charge in [-0.25, -0.2) is 4.79 Å². The Kier molecular flexibility index (Phi) is 7.01. The molecular formula is C25H23Cl2NO4. The number of benzene rings is 3. The lowest BCUT2D eigenvalue weighted by Crippen LogP contribution is -2.37. The Morgan fingerprint density at radius 1 is 1.03 bits per heavy atom. The summed E-state index contributed by atoms with van der Waals surface area (Å²) in [5.74, 6) is -0.0341. The van der Waals surface area contributed by atoms with Gasteiger partial charge in [-0.05, 0) is 78.4 Å². The highest BCUT2D eigenvalue weighted by Crippen LogP contribution is 2.30. The minimum absolute atomic E-state index is 0.00522. The van der Waals surface area contributed by atoms with E-state index < -0.39 is 12.1 Å². The summed E-state index contributed by atoms with van der Waals surface area (Å²) in [6.07, 6.45) is 2.14. The molecule has 0 amide bonds. The van der Waals surface area contributed by atoms with Gasteiger partial charge in [0, 0.05) is 17.6 Å². The average molecular weight is 472 g/mol. The molecule has 0 radical (unpaired) electrons. The van der Waals surface area contributed by atoms with Crippen LogP contribution in [0.1, 0.15) is 39.6 Å². The average Bonchev–Trinajstić information content (AvgIpc) is 2.78. The van der Waals surface area contributed by atoms with Crippen molar-refractivity contribution in [1.29, 1.82) is 0 Å². The van der Waals surface area contributed by atoms with E-state index in [1.54, 1.807) is 18.2 Å². The number of aromatic carboxylic acids is 1. The number of halogens is 2. The number of hydrogen-bond acceptors (Lipinski definition) is 4. The highest BCUT2D eigenvalue weighted by molar-refractivity contribution is 6.33. The number of carboxylic acids is 1. The predicted octanol–water partition coefficient (Wildman–Crippen LogP) is 5.66. The summed E-state index contributed by atoms with van der Waals surface area (Å²) in [6, 6.07) is 18.0. The Morgan fingerprint density at radius 2 is 1.75 bits per heavy atom. The zero-order valence-corrected chi connectivity index (χ0v) is 18.7. The highest BCUT2D eigenvalue weighted by Gasteiger charge is 2.20. The number of rotatable bonds is 7. The number of ether oxygens (including phenoxy) is 1. The SMILES string of the molecule is O=C(O)c1cc(Oc2ccc3c(c2)C[C@@H](NC[C@@H](O)c2ccc(Cl)cc2)CC3)ccc1Cl. The highest BCUT2D eigenvalue weighted by atomic mass is 35.5. The van der Waals surface area contributed by atoms with Crippen molar-refractivity contribution < 1.29 is 19.7 Å². The third kappa shape index (κ3) is 5.43. The lowest BCUT2D eigenvalue weighted by atomic mass is 9.88. The lowest BCUT2D eigenvalue weighted by Gasteiger charge is -2.27. The number of carbonyl (C=O) groups is 1. The summed E-state index contributed by atoms with van der Waals surface area (Å²) in [5.41, 5.74) is 3.29. The molecule has 1 aliphatic rings. The van der Waals surface area contributed by atoms with Crippen molar-refractivity contribution >= 4 is 29.2 Å². The minimum Gasteiger partial charge on any atom is -0.478 e. The van der Waals surface area contributed by atoms with Crippen LogP contribution in [0.3, 0.4) is 0 Å². The fraction of sp³-hybridized carbons (Fsp3) is 0.240. The first-order valence-electron chi connectivity index (χ1n) is 10.4. The molecule has 0 unspecified atom stereocenters. The molecular weight excluding hydrogens is 449 g/mol. The van der Waals surface area contributed by atoms with Crippen molar-refractivity contribution in [3.05, 3.63) is 93.0 Å². The number of aliphatic hydroxyl groups excluding tert-OH is 1. The molecule has 32 heavy (non-hydrogen) atoms. The number of aliphatic hydroxyl groups is 1. The summed E-state index contributed by atoms with van der Waals surface area (Å²) < 4.78 is 5.90. The number of hydrogen-bond donors (Lipinski definition) is 3. The zero-order chi connectivity index (χ0) is 22.7. The smallest absolute Gasteiger partial charge is 0.337 e. The summed E-state index contributed by atoms with van der Waals surface area (Å²) in [6.45, 7) is 0.459. The van der Waals surface area contributed by atoms with Crippen LogP contribution in [0.4, 0.5) is 0 Å². The van der Waals surface area contributed by atoms with Crippen molar-refractivity contribution in [3.8, 4) is 11.5 Å². The van der Waals surface area contributed by atoms with E-state index in [0.717, 1.165) is 24.8 Å². The molecule has 0 saturated carbocycles. The van der Waals surface area contributed by atoms with Crippen LogP contribution < -0.4 is 10.1 Å². The number of nitrogens with one attached hydrogen (secondary N) is 1. The van der Waals surface area contributed by atoms with E-state index in [1.165, 1.54) is 23.3 Å². The molecule has 2 atom stereocenters. The van der Waals surface area contributed by atoms with Crippen LogP contribution in [0.5, 0.6) is 11.5 Å². The molecule has 5 nitrogen and oxygen atoms in total. The molecule has 166 valence electrons. The molecule has 3 N–H and O–H groups in total. The molecule has 7 heteroatoms. The van der Waals surface area contributed by atoms with Crippen LogP contribution in [0, 0.1) is 0 Å². The summed E-state index contributed by atoms with van der Waals surface area (Å²) in [5, 5.41) is 24.0. The number of fused-ring (bicyclic) bond motifs is 1. The monoisotopic (exact) mass is 471 g/mol. The van der Waals surface area contributed by atoms with Gasteiger partial charge in [0.1, 0.15) is 11.5 Å². The van der Waals surface area contributed by atoms with Gasteiger partial charge in [-0.15, -0.1) is 0 Å². The third-order valence-corrected chi connectivity index (χ3v) is 6.25. The van der Waals surface area contributed by atoms with Crippen molar-refractivity contribution in [3.63, 3.8) is 0 Å². The van der Waals surface area contributed by atoms with Crippen molar-refractivity contribution in [2.45, 2.75) is 31.4 Å². The van der Waals surface area contributed by atoms with Crippen LogP contribution in [0.25, 0.3) is 0 Å². The maximum atomic E-state index is 11.3. The molecule has 1 aliphatic carbocycles. The van der Waals surface area contributed by atoms with E-state index in [0.29, 0.717) is 23.1 Å². The molecule has 0 saturated heterocycles. The van der Waals surface area contributed by atoms with Crippen LogP contribution in [0.15, 0.2) is 60.7 Å². The van der Waals surface area contributed by atoms with Gasteiger partial charge in [0.25, 0.3) is 0 Å². The van der Waals surface area contributed by atoms with E-state index in [4.69, 9.17) is 27.9 Å². The fourth-order valence-electron chi connectivity index (χ4n) is 3.92. The normalized spacial score (nSPS) is 16.3. The predicted molar refractivity (Wildman–Crippen MR) is 125 cm³/mol. The Hall–Kier alpha value is -2.57. The quantitative estimate of drug-likeness (QED) is 0.413. The van der Waals surface area contributed by atoms with E-state index in [2.05, 4.69) is 11.4 Å². The fourth-order valence-corrected chi connectivity index (χ4v) is 4.24. The molecule has 3 aromatic carbocycles. The standard InChI is InChI=1S/C25H23Cl2NO4/c26-18-5-1-16(2-6-18)24(29)14-28-19-7-3-15-4-8-20(12-17(15)11-19)32-21-9-10-23(27)22(13-21)25(30)31/h1-2,4-6,8-10,12-13,19,24,28-29H,3,7,11,14H2,(H,30,31)/t19-,24+/m0/s1. The van der Waals surface area contributed by atoms with Gasteiger partial charge in [0.15, 0.2) is 0 Å². The van der Waals surface area contributed by atoms with Crippen molar-refractivity contribution in [2.24, 2.45) is 0 Å². The van der Waals surface area contributed by atoms with E-state index in [9.17, 15) is 15.0 Å². The van der Waals surface area contributed by atoms with Gasteiger partial charge in [-0.3, -0.25) is 0 Å². The molecule has 0 bridgehead atoms. The second kappa shape index (κ2) is 9.92. The Morgan fingerprint density at radius 3 is 2.50 bits per heavy atom. The molecule has 0 spiro atoms. The second-order valence-electron chi connectivity index (χ2n) is 7.89. The molecule has 4 rings (SSSR count). The molecule has 0 fully saturated rings. The molecule has 0 aromatic heterocycles. The van der Waals surface area contributed by atoms with Crippen LogP contribution in [-0.2, 0) is 12.8 Å². The molecule has 3 aromatic rings. The van der Waals surface area contributed by atoms with Gasteiger partial charge in [-0.1, -0.05) is 41.4 Å². The minimum atomic E-state index is -1.10. The van der Waals surface area contributed by atoms with Crippen LogP contribution in [-0.4, -0.2) is 28.8 Å². The number of aryl methyl sites for hydroxylation is 1. The Balaban J connectivity index is 1.40. The first-order chi connectivity index (χ1) is 15.4. The summed E-state index contributed by atoms with van der Waals surface area (Å²) in [4.78, 5) is 11.3. The van der Waals surface area contributed by atoms with Gasteiger partial charge in [-0.2, -0.15) is 0 Å². The van der Waals surface area contributed by atoms with Crippen molar-refractivity contribution in [1.82, 2.24) is 5.32 Å². The van der Waals surface area contributed by atoms with E-state index in [1.807, 2.05) is 24.3 Å². The molecule has 0 heterocycles. The zero-order valence-electron chi connectivity index (χ0n) is 17.2. The maximum Gasteiger partial charge on any atom is 0.337 e. The van der Waals surface area contributed by atoms with Crippen LogP contribution >= 0.6 is 23.2 Å². The van der Waals surface area contributed by atoms with Gasteiger partial charge >= 0.3 is 5.97 Å². The topological polar surface area (TPSA) is 78.8 Å². The Bertz CT molecular complexity index is 1120. The van der Waals surface area contributed by atoms with Crippen molar-refractivity contribution in [2.75, 3.05) is 6.54 Å². The maximum absolute atomic E-state index is 11.3. The third-order valence-electron chi connectivity index (χ3n) is 5.66. The summed E-state index contributed by atoms with van der Waals surface area (Å²) in [7, 11) is 0. The molecule has 0 aliphatic heterocycles. The number of carboxylic acid groups (broad SMARTS) is 1. The first-order valence-corrected chi connectivity index (χ1v) is 11.1. The first kappa shape index (κ1) is 22.6.